The van der Waals surface area contributed by atoms with E-state index in [2.05, 4.69) is 109 Å². The second-order valence-corrected chi connectivity index (χ2v) is 10.2. The summed E-state index contributed by atoms with van der Waals surface area (Å²) in [6, 6.07) is 20.1. The summed E-state index contributed by atoms with van der Waals surface area (Å²) < 4.78 is 2.12. The summed E-state index contributed by atoms with van der Waals surface area (Å²) in [6.07, 6.45) is 3.31. The van der Waals surface area contributed by atoms with Crippen LogP contribution in [-0.4, -0.2) is 53.4 Å². The monoisotopic (exact) mass is 473 g/mol. The van der Waals surface area contributed by atoms with Crippen molar-refractivity contribution in [2.75, 3.05) is 37.6 Å². The van der Waals surface area contributed by atoms with Crippen LogP contribution in [0.3, 0.4) is 0 Å². The van der Waals surface area contributed by atoms with E-state index in [1.165, 1.54) is 22.5 Å². The van der Waals surface area contributed by atoms with Crippen LogP contribution < -0.4 is 10.2 Å². The summed E-state index contributed by atoms with van der Waals surface area (Å²) in [6.45, 7) is 16.9. The molecule has 2 atom stereocenters. The predicted octanol–water partition coefficient (Wildman–Crippen LogP) is 5.69. The first kappa shape index (κ1) is 25.5. The molecule has 0 aliphatic carbocycles. The van der Waals surface area contributed by atoms with Crippen LogP contribution in [0.1, 0.15) is 62.2 Å². The van der Waals surface area contributed by atoms with Crippen LogP contribution in [0, 0.1) is 13.8 Å². The Morgan fingerprint density at radius 3 is 2.40 bits per heavy atom. The molecule has 2 aromatic carbocycles. The number of anilines is 1. The topological polar surface area (TPSA) is 36.3 Å². The Bertz CT molecular complexity index is 1070. The number of para-hydroxylation sites is 1. The number of benzene rings is 2. The summed E-state index contributed by atoms with van der Waals surface area (Å²) in [4.78, 5) is 5.17. The summed E-state index contributed by atoms with van der Waals surface area (Å²) in [5.41, 5.74) is 7.77. The maximum Gasteiger partial charge on any atom is 0.0798 e. The van der Waals surface area contributed by atoms with E-state index in [1.54, 1.807) is 0 Å². The zero-order valence-electron chi connectivity index (χ0n) is 22.3. The second-order valence-electron chi connectivity index (χ2n) is 10.2. The van der Waals surface area contributed by atoms with Crippen molar-refractivity contribution >= 4 is 5.69 Å². The van der Waals surface area contributed by atoms with Crippen molar-refractivity contribution < 1.29 is 0 Å². The predicted molar refractivity (Wildman–Crippen MR) is 148 cm³/mol. The summed E-state index contributed by atoms with van der Waals surface area (Å²) >= 11 is 0. The average molecular weight is 474 g/mol. The Hall–Kier alpha value is -2.63. The fourth-order valence-electron chi connectivity index (χ4n) is 5.14. The largest absolute Gasteiger partial charge is 0.369 e. The van der Waals surface area contributed by atoms with Gasteiger partial charge in [0.15, 0.2) is 0 Å². The highest BCUT2D eigenvalue weighted by atomic mass is 15.3. The highest BCUT2D eigenvalue weighted by Crippen LogP contribution is 2.24. The Balaban J connectivity index is 1.28. The maximum absolute atomic E-state index is 4.99. The Morgan fingerprint density at radius 1 is 0.943 bits per heavy atom. The molecule has 0 radical (unpaired) electrons. The number of hydrogen-bond acceptors (Lipinski definition) is 4. The molecule has 1 fully saturated rings. The van der Waals surface area contributed by atoms with Crippen LogP contribution >= 0.6 is 0 Å². The van der Waals surface area contributed by atoms with Gasteiger partial charge in [0, 0.05) is 49.6 Å². The first-order valence-corrected chi connectivity index (χ1v) is 13.4. The quantitative estimate of drug-likeness (QED) is 0.410. The van der Waals surface area contributed by atoms with Crippen molar-refractivity contribution in [2.24, 2.45) is 0 Å². The fraction of sp³-hybridized carbons (Fsp3) is 0.500. The van der Waals surface area contributed by atoms with E-state index in [-0.39, 0.29) is 6.04 Å². The van der Waals surface area contributed by atoms with E-state index in [0.29, 0.717) is 6.04 Å². The molecule has 2 heterocycles. The standard InChI is InChI=1S/C30H43N5/c1-6-11-28-22-29(32-35(28)27-13-8-7-9-14-27)26(5)31-24(3)16-17-33-18-20-34(21-19-33)30-15-10-12-23(2)25(30)4/h7-10,12-15,22,24,26,31H,6,11,16-21H2,1-5H3. The van der Waals surface area contributed by atoms with E-state index < -0.39 is 0 Å². The van der Waals surface area contributed by atoms with Crippen LogP contribution in [0.15, 0.2) is 54.6 Å². The molecule has 5 heteroatoms. The minimum Gasteiger partial charge on any atom is -0.369 e. The molecule has 188 valence electrons. The number of nitrogens with zero attached hydrogens (tertiary/aromatic N) is 4. The van der Waals surface area contributed by atoms with Gasteiger partial charge in [0.05, 0.1) is 11.4 Å². The van der Waals surface area contributed by atoms with Gasteiger partial charge >= 0.3 is 0 Å². The molecule has 1 aliphatic rings. The summed E-state index contributed by atoms with van der Waals surface area (Å²) in [5.74, 6) is 0. The second kappa shape index (κ2) is 11.9. The molecular formula is C30H43N5. The van der Waals surface area contributed by atoms with Gasteiger partial charge in [0.2, 0.25) is 0 Å². The molecule has 5 nitrogen and oxygen atoms in total. The van der Waals surface area contributed by atoms with Crippen molar-refractivity contribution in [2.45, 2.75) is 66.0 Å². The van der Waals surface area contributed by atoms with E-state index in [0.717, 1.165) is 63.4 Å². The van der Waals surface area contributed by atoms with Gasteiger partial charge < -0.3 is 10.2 Å². The maximum atomic E-state index is 4.99. The lowest BCUT2D eigenvalue weighted by Gasteiger charge is -2.37. The van der Waals surface area contributed by atoms with Crippen molar-refractivity contribution in [1.82, 2.24) is 20.0 Å². The third kappa shape index (κ3) is 6.33. The number of aryl methyl sites for hydroxylation is 2. The zero-order valence-corrected chi connectivity index (χ0v) is 22.3. The lowest BCUT2D eigenvalue weighted by Crippen LogP contribution is -2.47. The lowest BCUT2D eigenvalue weighted by atomic mass is 10.1. The van der Waals surface area contributed by atoms with Gasteiger partial charge in [-0.05, 0) is 82.5 Å². The van der Waals surface area contributed by atoms with Crippen LogP contribution in [0.4, 0.5) is 5.69 Å². The van der Waals surface area contributed by atoms with Gasteiger partial charge in [-0.25, -0.2) is 4.68 Å². The first-order chi connectivity index (χ1) is 17.0. The highest BCUT2D eigenvalue weighted by molar-refractivity contribution is 5.56. The number of aromatic nitrogens is 2. The van der Waals surface area contributed by atoms with E-state index in [9.17, 15) is 0 Å². The van der Waals surface area contributed by atoms with E-state index in [4.69, 9.17) is 5.10 Å². The first-order valence-electron chi connectivity index (χ1n) is 13.4. The highest BCUT2D eigenvalue weighted by Gasteiger charge is 2.20. The van der Waals surface area contributed by atoms with Crippen molar-refractivity contribution in [3.05, 3.63) is 77.1 Å². The van der Waals surface area contributed by atoms with Crippen LogP contribution in [0.2, 0.25) is 0 Å². The molecule has 0 bridgehead atoms. The van der Waals surface area contributed by atoms with Gasteiger partial charge in [-0.15, -0.1) is 0 Å². The number of rotatable bonds is 10. The molecule has 35 heavy (non-hydrogen) atoms. The van der Waals surface area contributed by atoms with Gasteiger partial charge in [-0.1, -0.05) is 43.7 Å². The molecule has 1 aromatic heterocycles. The minimum absolute atomic E-state index is 0.228. The number of piperazine rings is 1. The number of hydrogen-bond donors (Lipinski definition) is 1. The molecule has 3 aromatic rings. The van der Waals surface area contributed by atoms with Gasteiger partial charge in [-0.3, -0.25) is 4.90 Å². The molecule has 1 saturated heterocycles. The van der Waals surface area contributed by atoms with Crippen molar-refractivity contribution in [3.63, 3.8) is 0 Å². The molecule has 2 unspecified atom stereocenters. The van der Waals surface area contributed by atoms with Crippen LogP contribution in [0.25, 0.3) is 5.69 Å². The van der Waals surface area contributed by atoms with E-state index >= 15 is 0 Å². The van der Waals surface area contributed by atoms with Crippen molar-refractivity contribution in [3.8, 4) is 5.69 Å². The molecule has 1 aliphatic heterocycles. The molecule has 4 rings (SSSR count). The molecule has 0 saturated carbocycles. The third-order valence-electron chi connectivity index (χ3n) is 7.45. The Labute approximate surface area is 212 Å². The van der Waals surface area contributed by atoms with Gasteiger partial charge in [0.25, 0.3) is 0 Å². The summed E-state index contributed by atoms with van der Waals surface area (Å²) in [7, 11) is 0. The van der Waals surface area contributed by atoms with Crippen LogP contribution in [0.5, 0.6) is 0 Å². The number of nitrogens with one attached hydrogen (secondary N) is 1. The molecule has 0 amide bonds. The normalized spacial score (nSPS) is 16.4. The molecule has 0 spiro atoms. The molecule has 1 N–H and O–H groups in total. The fourth-order valence-corrected chi connectivity index (χ4v) is 5.14. The van der Waals surface area contributed by atoms with Gasteiger partial charge in [0.1, 0.15) is 0 Å². The zero-order chi connectivity index (χ0) is 24.8. The third-order valence-corrected chi connectivity index (χ3v) is 7.45. The summed E-state index contributed by atoms with van der Waals surface area (Å²) in [5, 5.41) is 8.80. The van der Waals surface area contributed by atoms with Crippen molar-refractivity contribution in [1.29, 1.82) is 0 Å². The van der Waals surface area contributed by atoms with Crippen LogP contribution in [-0.2, 0) is 6.42 Å². The molecular weight excluding hydrogens is 430 g/mol. The minimum atomic E-state index is 0.228. The Morgan fingerprint density at radius 2 is 1.69 bits per heavy atom. The lowest BCUT2D eigenvalue weighted by molar-refractivity contribution is 0.242. The smallest absolute Gasteiger partial charge is 0.0798 e. The van der Waals surface area contributed by atoms with Gasteiger partial charge in [-0.2, -0.15) is 5.10 Å². The van der Waals surface area contributed by atoms with E-state index in [1.807, 2.05) is 0 Å². The Kier molecular flexibility index (Phi) is 8.64. The SMILES string of the molecule is CCCc1cc(C(C)NC(C)CCN2CCN(c3cccc(C)c3C)CC2)nn1-c1ccccc1. The average Bonchev–Trinajstić information content (AvgIpc) is 3.30.